The summed E-state index contributed by atoms with van der Waals surface area (Å²) in [5, 5.41) is 10.2. The average Bonchev–Trinajstić information content (AvgIpc) is 2.87. The molecular weight excluding hydrogens is 302 g/mol. The van der Waals surface area contributed by atoms with E-state index in [1.54, 1.807) is 30.8 Å². The lowest BCUT2D eigenvalue weighted by atomic mass is 10.2. The van der Waals surface area contributed by atoms with Crippen molar-refractivity contribution in [2.24, 2.45) is 0 Å². The van der Waals surface area contributed by atoms with Crippen LogP contribution in [0.15, 0.2) is 18.5 Å². The van der Waals surface area contributed by atoms with Gasteiger partial charge in [-0.3, -0.25) is 4.98 Å². The van der Waals surface area contributed by atoms with Crippen LogP contribution in [-0.2, 0) is 0 Å². The molecule has 2 rings (SSSR count). The maximum absolute atomic E-state index is 5.26. The van der Waals surface area contributed by atoms with Gasteiger partial charge in [0.05, 0.1) is 23.7 Å². The van der Waals surface area contributed by atoms with Crippen molar-refractivity contribution in [3.8, 4) is 16.3 Å². The van der Waals surface area contributed by atoms with Crippen LogP contribution in [0.25, 0.3) is 10.6 Å². The van der Waals surface area contributed by atoms with Gasteiger partial charge in [0, 0.05) is 6.20 Å². The summed E-state index contributed by atoms with van der Waals surface area (Å²) >= 11 is 5.14. The highest BCUT2D eigenvalue weighted by Crippen LogP contribution is 2.35. The third-order valence-corrected chi connectivity index (χ3v) is 4.76. The van der Waals surface area contributed by atoms with Crippen LogP contribution < -0.4 is 4.74 Å². The number of aromatic nitrogens is 3. The third-order valence-electron chi connectivity index (χ3n) is 2.30. The molecule has 0 N–H and O–H groups in total. The Kier molecular flexibility index (Phi) is 4.06. The monoisotopic (exact) mass is 313 g/mol. The zero-order chi connectivity index (χ0) is 12.3. The second kappa shape index (κ2) is 5.55. The van der Waals surface area contributed by atoms with E-state index in [9.17, 15) is 0 Å². The van der Waals surface area contributed by atoms with Crippen molar-refractivity contribution < 1.29 is 4.74 Å². The SMILES string of the molecule is CCC(Br)c1nnc(-c2ccncc2OC)s1. The lowest BCUT2D eigenvalue weighted by Crippen LogP contribution is -1.88. The number of ether oxygens (including phenoxy) is 1. The topological polar surface area (TPSA) is 47.9 Å². The zero-order valence-corrected chi connectivity index (χ0v) is 12.0. The molecule has 0 spiro atoms. The summed E-state index contributed by atoms with van der Waals surface area (Å²) in [4.78, 5) is 4.29. The normalized spacial score (nSPS) is 12.4. The van der Waals surface area contributed by atoms with E-state index in [1.807, 2.05) is 6.07 Å². The maximum atomic E-state index is 5.26. The van der Waals surface area contributed by atoms with E-state index in [0.717, 1.165) is 27.7 Å². The van der Waals surface area contributed by atoms with Crippen LogP contribution in [0.3, 0.4) is 0 Å². The molecule has 0 radical (unpaired) electrons. The minimum atomic E-state index is 0.265. The Bertz CT molecular complexity index is 503. The number of hydrogen-bond donors (Lipinski definition) is 0. The van der Waals surface area contributed by atoms with Gasteiger partial charge < -0.3 is 4.74 Å². The van der Waals surface area contributed by atoms with Crippen molar-refractivity contribution in [3.63, 3.8) is 0 Å². The Balaban J connectivity index is 2.37. The molecule has 4 nitrogen and oxygen atoms in total. The molecule has 2 aromatic heterocycles. The summed E-state index contributed by atoms with van der Waals surface area (Å²) in [7, 11) is 1.63. The van der Waals surface area contributed by atoms with Crippen LogP contribution in [-0.4, -0.2) is 22.3 Å². The summed E-state index contributed by atoms with van der Waals surface area (Å²) in [6, 6.07) is 1.89. The first-order chi connectivity index (χ1) is 8.26. The van der Waals surface area contributed by atoms with Crippen LogP contribution in [0.4, 0.5) is 0 Å². The molecule has 0 aliphatic carbocycles. The minimum Gasteiger partial charge on any atom is -0.494 e. The molecule has 0 aromatic carbocycles. The molecule has 90 valence electrons. The number of methoxy groups -OCH3 is 1. The Morgan fingerprint density at radius 2 is 2.29 bits per heavy atom. The number of pyridine rings is 1. The molecule has 0 aliphatic heterocycles. The molecule has 17 heavy (non-hydrogen) atoms. The van der Waals surface area contributed by atoms with E-state index >= 15 is 0 Å². The molecule has 0 amide bonds. The summed E-state index contributed by atoms with van der Waals surface area (Å²) in [6.07, 6.45) is 4.40. The molecule has 6 heteroatoms. The third kappa shape index (κ3) is 2.63. The minimum absolute atomic E-state index is 0.265. The molecular formula is C11H12BrN3OS. The summed E-state index contributed by atoms with van der Waals surface area (Å²) in [5.74, 6) is 0.720. The Hall–Kier alpha value is -1.01. The molecule has 1 unspecified atom stereocenters. The Labute approximate surface area is 112 Å². The van der Waals surface area contributed by atoms with Gasteiger partial charge in [0.15, 0.2) is 5.01 Å². The standard InChI is InChI=1S/C11H12BrN3OS/c1-3-8(12)11-15-14-10(17-11)7-4-5-13-6-9(7)16-2/h4-6,8H,3H2,1-2H3. The van der Waals surface area contributed by atoms with Crippen molar-refractivity contribution in [3.05, 3.63) is 23.5 Å². The van der Waals surface area contributed by atoms with Gasteiger partial charge in [0.2, 0.25) is 0 Å². The van der Waals surface area contributed by atoms with Crippen LogP contribution in [0.5, 0.6) is 5.75 Å². The van der Waals surface area contributed by atoms with Crippen molar-refractivity contribution >= 4 is 27.3 Å². The van der Waals surface area contributed by atoms with Crippen LogP contribution in [0, 0.1) is 0 Å². The number of hydrogen-bond acceptors (Lipinski definition) is 5. The highest BCUT2D eigenvalue weighted by atomic mass is 79.9. The quantitative estimate of drug-likeness (QED) is 0.811. The lowest BCUT2D eigenvalue weighted by Gasteiger charge is -2.03. The average molecular weight is 314 g/mol. The van der Waals surface area contributed by atoms with Gasteiger partial charge in [-0.25, -0.2) is 0 Å². The number of rotatable bonds is 4. The fourth-order valence-electron chi connectivity index (χ4n) is 1.36. The molecule has 0 aliphatic rings. The van der Waals surface area contributed by atoms with Gasteiger partial charge in [0.25, 0.3) is 0 Å². The van der Waals surface area contributed by atoms with Gasteiger partial charge in [0.1, 0.15) is 10.8 Å². The largest absolute Gasteiger partial charge is 0.494 e. The summed E-state index contributed by atoms with van der Waals surface area (Å²) in [5.41, 5.74) is 0.932. The fourth-order valence-corrected chi connectivity index (χ4v) is 2.67. The molecule has 0 fully saturated rings. The van der Waals surface area contributed by atoms with Gasteiger partial charge in [-0.15, -0.1) is 10.2 Å². The molecule has 0 bridgehead atoms. The van der Waals surface area contributed by atoms with E-state index in [1.165, 1.54) is 0 Å². The molecule has 1 atom stereocenters. The predicted molar refractivity (Wildman–Crippen MR) is 71.7 cm³/mol. The highest BCUT2D eigenvalue weighted by Gasteiger charge is 2.15. The number of halogens is 1. The molecule has 2 heterocycles. The number of nitrogens with zero attached hydrogens (tertiary/aromatic N) is 3. The van der Waals surface area contributed by atoms with E-state index in [-0.39, 0.29) is 4.83 Å². The predicted octanol–water partition coefficient (Wildman–Crippen LogP) is 3.45. The second-order valence-electron chi connectivity index (χ2n) is 3.40. The van der Waals surface area contributed by atoms with E-state index < -0.39 is 0 Å². The van der Waals surface area contributed by atoms with Crippen molar-refractivity contribution in [2.75, 3.05) is 7.11 Å². The van der Waals surface area contributed by atoms with Gasteiger partial charge in [-0.05, 0) is 12.5 Å². The fraction of sp³-hybridized carbons (Fsp3) is 0.364. The van der Waals surface area contributed by atoms with Crippen molar-refractivity contribution in [1.82, 2.24) is 15.2 Å². The zero-order valence-electron chi connectivity index (χ0n) is 9.55. The van der Waals surface area contributed by atoms with Crippen LogP contribution in [0.2, 0.25) is 0 Å². The second-order valence-corrected chi connectivity index (χ2v) is 5.51. The van der Waals surface area contributed by atoms with E-state index in [4.69, 9.17) is 4.74 Å². The molecule has 0 saturated heterocycles. The van der Waals surface area contributed by atoms with Crippen molar-refractivity contribution in [2.45, 2.75) is 18.2 Å². The summed E-state index contributed by atoms with van der Waals surface area (Å²) < 4.78 is 5.26. The smallest absolute Gasteiger partial charge is 0.151 e. The maximum Gasteiger partial charge on any atom is 0.151 e. The number of alkyl halides is 1. The van der Waals surface area contributed by atoms with E-state index in [2.05, 4.69) is 38.0 Å². The first-order valence-corrected chi connectivity index (χ1v) is 6.95. The molecule has 2 aromatic rings. The highest BCUT2D eigenvalue weighted by molar-refractivity contribution is 9.09. The first kappa shape index (κ1) is 12.4. The Morgan fingerprint density at radius 1 is 1.47 bits per heavy atom. The molecule has 0 saturated carbocycles. The van der Waals surface area contributed by atoms with E-state index in [0.29, 0.717) is 0 Å². The van der Waals surface area contributed by atoms with Crippen molar-refractivity contribution in [1.29, 1.82) is 0 Å². The van der Waals surface area contributed by atoms with Gasteiger partial charge >= 0.3 is 0 Å². The lowest BCUT2D eigenvalue weighted by molar-refractivity contribution is 0.414. The Morgan fingerprint density at radius 3 is 3.00 bits per heavy atom. The van der Waals surface area contributed by atoms with Gasteiger partial charge in [-0.1, -0.05) is 34.2 Å². The van der Waals surface area contributed by atoms with Crippen LogP contribution in [0.1, 0.15) is 23.2 Å². The van der Waals surface area contributed by atoms with Gasteiger partial charge in [-0.2, -0.15) is 0 Å². The van der Waals surface area contributed by atoms with Crippen LogP contribution >= 0.6 is 27.3 Å². The first-order valence-electron chi connectivity index (χ1n) is 5.22. The summed E-state index contributed by atoms with van der Waals surface area (Å²) in [6.45, 7) is 2.10.